The van der Waals surface area contributed by atoms with Crippen LogP contribution in [0.15, 0.2) is 48.9 Å². The number of hydrogen-bond donors (Lipinski definition) is 2. The topological polar surface area (TPSA) is 128 Å². The zero-order valence-electron chi connectivity index (χ0n) is 21.4. The van der Waals surface area contributed by atoms with Gasteiger partial charge in [0.15, 0.2) is 0 Å². The SMILES string of the molecule is Nc1nccn2c(C3CCC4COCC(=O)N4C3)nc(-c3ccc(C(=O)Nc4cc(C(F)(F)F)ccn4)cc3F)c12. The Balaban J connectivity index is 1.31. The Labute approximate surface area is 230 Å². The lowest BCUT2D eigenvalue weighted by Gasteiger charge is -2.41. The van der Waals surface area contributed by atoms with Crippen molar-refractivity contribution in [1.82, 2.24) is 24.3 Å². The fourth-order valence-electron chi connectivity index (χ4n) is 5.36. The lowest BCUT2D eigenvalue weighted by Crippen LogP contribution is -2.53. The van der Waals surface area contributed by atoms with Crippen LogP contribution in [0, 0.1) is 5.82 Å². The van der Waals surface area contributed by atoms with Crippen LogP contribution in [0.25, 0.3) is 16.8 Å². The Morgan fingerprint density at radius 1 is 1.12 bits per heavy atom. The van der Waals surface area contributed by atoms with E-state index >= 15 is 4.39 Å². The van der Waals surface area contributed by atoms with E-state index in [-0.39, 0.29) is 52.9 Å². The largest absolute Gasteiger partial charge is 0.416 e. The molecule has 0 spiro atoms. The molecule has 10 nitrogen and oxygen atoms in total. The molecule has 2 unspecified atom stereocenters. The number of halogens is 4. The van der Waals surface area contributed by atoms with E-state index in [1.165, 1.54) is 18.3 Å². The third kappa shape index (κ3) is 4.94. The zero-order chi connectivity index (χ0) is 28.9. The van der Waals surface area contributed by atoms with Crippen molar-refractivity contribution in [3.05, 3.63) is 71.7 Å². The predicted octanol–water partition coefficient (Wildman–Crippen LogP) is 3.89. The van der Waals surface area contributed by atoms with Crippen molar-refractivity contribution in [2.45, 2.75) is 31.0 Å². The maximum Gasteiger partial charge on any atom is 0.416 e. The molecule has 14 heteroatoms. The van der Waals surface area contributed by atoms with Gasteiger partial charge in [0.05, 0.1) is 18.2 Å². The standard InChI is InChI=1S/C27H23F4N7O3/c28-19-9-14(26(40)35-20-10-16(5-6-33-20)27(29,30)31)2-4-18(19)22-23-24(32)34-7-8-37(23)25(36-22)15-1-3-17-12-41-13-21(39)38(17)11-15/h2,4-10,15,17H,1,3,11-13H2,(H2,32,34)(H,33,35,40). The third-order valence-electron chi connectivity index (χ3n) is 7.35. The number of carbonyl (C=O) groups excluding carboxylic acids is 2. The average Bonchev–Trinajstić information content (AvgIpc) is 3.33. The highest BCUT2D eigenvalue weighted by atomic mass is 19.4. The lowest BCUT2D eigenvalue weighted by molar-refractivity contribution is -0.151. The van der Waals surface area contributed by atoms with Gasteiger partial charge in [-0.25, -0.2) is 19.3 Å². The molecule has 0 bridgehead atoms. The Bertz CT molecular complexity index is 1670. The number of morpholine rings is 1. The van der Waals surface area contributed by atoms with Gasteiger partial charge in [-0.2, -0.15) is 13.2 Å². The minimum Gasteiger partial charge on any atom is -0.382 e. The van der Waals surface area contributed by atoms with E-state index in [0.717, 1.165) is 31.2 Å². The normalized spacial score (nSPS) is 19.3. The van der Waals surface area contributed by atoms with E-state index in [1.54, 1.807) is 15.5 Å². The Kier molecular flexibility index (Phi) is 6.56. The smallest absolute Gasteiger partial charge is 0.382 e. The van der Waals surface area contributed by atoms with Gasteiger partial charge in [0.2, 0.25) is 5.91 Å². The summed E-state index contributed by atoms with van der Waals surface area (Å²) in [6.45, 7) is 0.944. The summed E-state index contributed by atoms with van der Waals surface area (Å²) < 4.78 is 61.6. The summed E-state index contributed by atoms with van der Waals surface area (Å²) in [4.78, 5) is 39.6. The molecule has 0 aliphatic carbocycles. The van der Waals surface area contributed by atoms with Crippen LogP contribution < -0.4 is 11.1 Å². The molecule has 41 heavy (non-hydrogen) atoms. The van der Waals surface area contributed by atoms with Gasteiger partial charge in [0, 0.05) is 42.2 Å². The molecule has 2 aliphatic rings. The molecule has 2 saturated heterocycles. The number of nitrogen functional groups attached to an aromatic ring is 1. The molecule has 2 aliphatic heterocycles. The molecule has 2 atom stereocenters. The van der Waals surface area contributed by atoms with Crippen LogP contribution in [0.3, 0.4) is 0 Å². The molecule has 4 aromatic rings. The fraction of sp³-hybridized carbons (Fsp3) is 0.296. The van der Waals surface area contributed by atoms with Gasteiger partial charge in [0.25, 0.3) is 5.91 Å². The van der Waals surface area contributed by atoms with E-state index in [9.17, 15) is 22.8 Å². The number of pyridine rings is 1. The van der Waals surface area contributed by atoms with Gasteiger partial charge in [-0.1, -0.05) is 0 Å². The van der Waals surface area contributed by atoms with Gasteiger partial charge in [0.1, 0.15) is 41.1 Å². The number of fused-ring (bicyclic) bond motifs is 2. The first-order valence-corrected chi connectivity index (χ1v) is 12.7. The zero-order valence-corrected chi connectivity index (χ0v) is 21.4. The number of benzene rings is 1. The molecule has 3 aromatic heterocycles. The van der Waals surface area contributed by atoms with E-state index in [1.807, 2.05) is 0 Å². The van der Waals surface area contributed by atoms with Gasteiger partial charge in [-0.3, -0.25) is 14.0 Å². The molecule has 0 saturated carbocycles. The number of aromatic nitrogens is 4. The summed E-state index contributed by atoms with van der Waals surface area (Å²) in [6.07, 6.45) is 0.935. The molecular formula is C27H23F4N7O3. The van der Waals surface area contributed by atoms with Crippen molar-refractivity contribution in [2.24, 2.45) is 0 Å². The van der Waals surface area contributed by atoms with Crippen molar-refractivity contribution >= 4 is 29.0 Å². The lowest BCUT2D eigenvalue weighted by atomic mass is 9.91. The molecule has 3 N–H and O–H groups in total. The number of ether oxygens (including phenoxy) is 1. The summed E-state index contributed by atoms with van der Waals surface area (Å²) in [5.74, 6) is -1.49. The number of alkyl halides is 3. The van der Waals surface area contributed by atoms with Crippen LogP contribution >= 0.6 is 0 Å². The van der Waals surface area contributed by atoms with Gasteiger partial charge in [-0.15, -0.1) is 0 Å². The van der Waals surface area contributed by atoms with Crippen LogP contribution in [-0.2, 0) is 15.7 Å². The number of piperidine rings is 1. The van der Waals surface area contributed by atoms with Gasteiger partial charge >= 0.3 is 6.18 Å². The average molecular weight is 570 g/mol. The highest BCUT2D eigenvalue weighted by Gasteiger charge is 2.37. The van der Waals surface area contributed by atoms with E-state index in [0.29, 0.717) is 30.6 Å². The number of nitrogens with two attached hydrogens (primary N) is 1. The Morgan fingerprint density at radius 3 is 2.73 bits per heavy atom. The minimum atomic E-state index is -4.61. The van der Waals surface area contributed by atoms with Crippen molar-refractivity contribution in [3.63, 3.8) is 0 Å². The number of rotatable bonds is 4. The van der Waals surface area contributed by atoms with Crippen LogP contribution in [-0.4, -0.2) is 61.9 Å². The van der Waals surface area contributed by atoms with Crippen molar-refractivity contribution in [3.8, 4) is 11.3 Å². The summed E-state index contributed by atoms with van der Waals surface area (Å²) >= 11 is 0. The van der Waals surface area contributed by atoms with Gasteiger partial charge < -0.3 is 20.7 Å². The quantitative estimate of drug-likeness (QED) is 0.357. The van der Waals surface area contributed by atoms with Crippen LogP contribution in [0.1, 0.15) is 40.5 Å². The van der Waals surface area contributed by atoms with Gasteiger partial charge in [-0.05, 0) is 43.2 Å². The second-order valence-electron chi connectivity index (χ2n) is 9.92. The first-order chi connectivity index (χ1) is 19.6. The van der Waals surface area contributed by atoms with Crippen LogP contribution in [0.4, 0.5) is 29.2 Å². The Hall–Kier alpha value is -4.59. The molecule has 6 rings (SSSR count). The molecule has 1 aromatic carbocycles. The third-order valence-corrected chi connectivity index (χ3v) is 7.35. The monoisotopic (exact) mass is 569 g/mol. The van der Waals surface area contributed by atoms with E-state index in [4.69, 9.17) is 15.5 Å². The summed E-state index contributed by atoms with van der Waals surface area (Å²) in [7, 11) is 0. The number of anilines is 2. The van der Waals surface area contributed by atoms with Crippen molar-refractivity contribution in [1.29, 1.82) is 0 Å². The maximum atomic E-state index is 15.5. The van der Waals surface area contributed by atoms with Crippen LogP contribution in [0.2, 0.25) is 0 Å². The predicted molar refractivity (Wildman–Crippen MR) is 138 cm³/mol. The molecule has 5 heterocycles. The summed E-state index contributed by atoms with van der Waals surface area (Å²) in [6, 6.07) is 5.12. The number of imidazole rings is 1. The Morgan fingerprint density at radius 2 is 1.95 bits per heavy atom. The van der Waals surface area contributed by atoms with E-state index in [2.05, 4.69) is 15.3 Å². The van der Waals surface area contributed by atoms with Crippen molar-refractivity contribution < 1.29 is 31.9 Å². The molecule has 2 amide bonds. The van der Waals surface area contributed by atoms with Crippen LogP contribution in [0.5, 0.6) is 0 Å². The highest BCUT2D eigenvalue weighted by Crippen LogP contribution is 2.37. The fourth-order valence-corrected chi connectivity index (χ4v) is 5.36. The first kappa shape index (κ1) is 26.6. The number of amides is 2. The number of nitrogens with zero attached hydrogens (tertiary/aromatic N) is 5. The molecule has 212 valence electrons. The number of nitrogens with one attached hydrogen (secondary N) is 1. The molecule has 2 fully saturated rings. The minimum absolute atomic E-state index is 0.00667. The van der Waals surface area contributed by atoms with Crippen molar-refractivity contribution in [2.75, 3.05) is 30.8 Å². The van der Waals surface area contributed by atoms with E-state index < -0.39 is 23.5 Å². The maximum absolute atomic E-state index is 15.5. The molecular weight excluding hydrogens is 546 g/mol. The number of carbonyl (C=O) groups is 2. The first-order valence-electron chi connectivity index (χ1n) is 12.7. The second-order valence-corrected chi connectivity index (χ2v) is 9.92. The molecule has 0 radical (unpaired) electrons. The highest BCUT2D eigenvalue weighted by molar-refractivity contribution is 6.04. The summed E-state index contributed by atoms with van der Waals surface area (Å²) in [5.41, 5.74) is 5.72. The summed E-state index contributed by atoms with van der Waals surface area (Å²) in [5, 5.41) is 2.26. The number of hydrogen-bond acceptors (Lipinski definition) is 7. The second kappa shape index (κ2) is 10.1.